The summed E-state index contributed by atoms with van der Waals surface area (Å²) in [5.74, 6) is 2.25. The average Bonchev–Trinajstić information content (AvgIpc) is 2.37. The molecule has 19 heavy (non-hydrogen) atoms. The molecule has 1 aromatic carbocycles. The van der Waals surface area contributed by atoms with Gasteiger partial charge in [0.15, 0.2) is 0 Å². The number of rotatable bonds is 4. The Hall–Kier alpha value is -2.50. The Balaban J connectivity index is 2.31. The van der Waals surface area contributed by atoms with Crippen LogP contribution in [0.4, 0.5) is 17.5 Å². The van der Waals surface area contributed by atoms with Gasteiger partial charge in [-0.3, -0.25) is 0 Å². The third-order valence-corrected chi connectivity index (χ3v) is 2.50. The van der Waals surface area contributed by atoms with E-state index in [1.165, 1.54) is 0 Å². The highest BCUT2D eigenvalue weighted by Gasteiger charge is 2.04. The lowest BCUT2D eigenvalue weighted by atomic mass is 10.2. The fourth-order valence-electron chi connectivity index (χ4n) is 1.68. The maximum Gasteiger partial charge on any atom is 0.222 e. The zero-order valence-electron chi connectivity index (χ0n) is 11.1. The topological polar surface area (TPSA) is 82.3 Å². The maximum absolute atomic E-state index is 5.61. The first kappa shape index (κ1) is 12.9. The quantitative estimate of drug-likeness (QED) is 0.876. The summed E-state index contributed by atoms with van der Waals surface area (Å²) in [5, 5.41) is 3.14. The molecule has 0 fully saturated rings. The van der Waals surface area contributed by atoms with Gasteiger partial charge in [0.25, 0.3) is 0 Å². The van der Waals surface area contributed by atoms with E-state index in [4.69, 9.17) is 15.2 Å². The summed E-state index contributed by atoms with van der Waals surface area (Å²) in [6.45, 7) is 1.86. The molecule has 3 N–H and O–H groups in total. The van der Waals surface area contributed by atoms with E-state index in [2.05, 4.69) is 15.3 Å². The molecule has 0 saturated carbocycles. The van der Waals surface area contributed by atoms with E-state index < -0.39 is 0 Å². The minimum atomic E-state index is 0.234. The van der Waals surface area contributed by atoms with Gasteiger partial charge in [0.05, 0.1) is 14.2 Å². The Kier molecular flexibility index (Phi) is 3.70. The van der Waals surface area contributed by atoms with Gasteiger partial charge in [-0.25, -0.2) is 4.98 Å². The van der Waals surface area contributed by atoms with Crippen LogP contribution in [0.2, 0.25) is 0 Å². The first-order valence-electron chi connectivity index (χ1n) is 5.72. The molecule has 6 nitrogen and oxygen atoms in total. The van der Waals surface area contributed by atoms with Gasteiger partial charge in [-0.05, 0) is 6.92 Å². The molecule has 0 aliphatic heterocycles. The van der Waals surface area contributed by atoms with Gasteiger partial charge >= 0.3 is 0 Å². The molecule has 0 amide bonds. The highest BCUT2D eigenvalue weighted by atomic mass is 16.5. The summed E-state index contributed by atoms with van der Waals surface area (Å²) in [6.07, 6.45) is 0. The predicted molar refractivity (Wildman–Crippen MR) is 74.0 cm³/mol. The van der Waals surface area contributed by atoms with Crippen LogP contribution in [-0.2, 0) is 0 Å². The third kappa shape index (κ3) is 3.25. The van der Waals surface area contributed by atoms with E-state index in [0.717, 1.165) is 11.4 Å². The molecule has 0 aliphatic carbocycles. The lowest BCUT2D eigenvalue weighted by molar-refractivity contribution is 0.395. The first-order valence-corrected chi connectivity index (χ1v) is 5.72. The van der Waals surface area contributed by atoms with E-state index in [1.54, 1.807) is 20.3 Å². The Morgan fingerprint density at radius 2 is 1.63 bits per heavy atom. The van der Waals surface area contributed by atoms with E-state index in [-0.39, 0.29) is 5.95 Å². The minimum absolute atomic E-state index is 0.234. The number of anilines is 3. The van der Waals surface area contributed by atoms with Gasteiger partial charge in [0.2, 0.25) is 5.95 Å². The van der Waals surface area contributed by atoms with Gasteiger partial charge in [0.1, 0.15) is 17.3 Å². The molecule has 6 heteroatoms. The van der Waals surface area contributed by atoms with Crippen LogP contribution in [-0.4, -0.2) is 24.2 Å². The molecule has 0 radical (unpaired) electrons. The number of ether oxygens (including phenoxy) is 2. The minimum Gasteiger partial charge on any atom is -0.497 e. The van der Waals surface area contributed by atoms with E-state index in [0.29, 0.717) is 17.3 Å². The number of hydrogen-bond acceptors (Lipinski definition) is 6. The van der Waals surface area contributed by atoms with Gasteiger partial charge in [-0.15, -0.1) is 0 Å². The van der Waals surface area contributed by atoms with Crippen LogP contribution in [0.15, 0.2) is 24.3 Å². The van der Waals surface area contributed by atoms with Crippen LogP contribution < -0.4 is 20.5 Å². The molecular weight excluding hydrogens is 244 g/mol. The highest BCUT2D eigenvalue weighted by molar-refractivity contribution is 5.61. The SMILES string of the molecule is COc1cc(Nc2cc(C)nc(N)n2)cc(OC)c1. The smallest absolute Gasteiger partial charge is 0.222 e. The molecule has 100 valence electrons. The lowest BCUT2D eigenvalue weighted by Gasteiger charge is -2.10. The summed E-state index contributed by atoms with van der Waals surface area (Å²) in [7, 11) is 3.21. The third-order valence-electron chi connectivity index (χ3n) is 2.50. The zero-order valence-corrected chi connectivity index (χ0v) is 11.1. The summed E-state index contributed by atoms with van der Waals surface area (Å²) in [4.78, 5) is 8.13. The molecule has 2 aromatic rings. The number of nitrogens with one attached hydrogen (secondary N) is 1. The molecule has 0 aliphatic rings. The van der Waals surface area contributed by atoms with Crippen molar-refractivity contribution in [3.63, 3.8) is 0 Å². The van der Waals surface area contributed by atoms with E-state index in [9.17, 15) is 0 Å². The molecule has 2 rings (SSSR count). The van der Waals surface area contributed by atoms with Crippen molar-refractivity contribution < 1.29 is 9.47 Å². The predicted octanol–water partition coefficient (Wildman–Crippen LogP) is 2.13. The average molecular weight is 260 g/mol. The number of aryl methyl sites for hydroxylation is 1. The Labute approximate surface area is 111 Å². The second kappa shape index (κ2) is 5.43. The fraction of sp³-hybridized carbons (Fsp3) is 0.231. The molecule has 0 spiro atoms. The number of methoxy groups -OCH3 is 2. The summed E-state index contributed by atoms with van der Waals surface area (Å²) >= 11 is 0. The van der Waals surface area contributed by atoms with Gasteiger partial charge in [-0.2, -0.15) is 4.98 Å². The van der Waals surface area contributed by atoms with Gasteiger partial charge in [0, 0.05) is 35.6 Å². The molecule has 0 bridgehead atoms. The number of aromatic nitrogens is 2. The highest BCUT2D eigenvalue weighted by Crippen LogP contribution is 2.27. The van der Waals surface area contributed by atoms with Crippen LogP contribution in [0.25, 0.3) is 0 Å². The number of hydrogen-bond donors (Lipinski definition) is 2. The molecule has 1 heterocycles. The van der Waals surface area contributed by atoms with Crippen molar-refractivity contribution in [2.45, 2.75) is 6.92 Å². The van der Waals surface area contributed by atoms with Crippen LogP contribution in [0.5, 0.6) is 11.5 Å². The van der Waals surface area contributed by atoms with Crippen LogP contribution in [0.3, 0.4) is 0 Å². The standard InChI is InChI=1S/C13H16N4O2/c1-8-4-12(17-13(14)15-8)16-9-5-10(18-2)7-11(6-9)19-3/h4-7H,1-3H3,(H3,14,15,16,17). The summed E-state index contributed by atoms with van der Waals surface area (Å²) in [6, 6.07) is 7.29. The monoisotopic (exact) mass is 260 g/mol. The van der Waals surface area contributed by atoms with Gasteiger partial charge in [-0.1, -0.05) is 0 Å². The van der Waals surface area contributed by atoms with Crippen molar-refractivity contribution in [3.8, 4) is 11.5 Å². The molecule has 0 saturated heterocycles. The summed E-state index contributed by atoms with van der Waals surface area (Å²) < 4.78 is 10.4. The van der Waals surface area contributed by atoms with Crippen molar-refractivity contribution in [2.24, 2.45) is 0 Å². The van der Waals surface area contributed by atoms with Crippen LogP contribution >= 0.6 is 0 Å². The van der Waals surface area contributed by atoms with E-state index in [1.807, 2.05) is 25.1 Å². The molecule has 1 aromatic heterocycles. The molecular formula is C13H16N4O2. The Morgan fingerprint density at radius 1 is 1.00 bits per heavy atom. The van der Waals surface area contributed by atoms with Crippen LogP contribution in [0, 0.1) is 6.92 Å². The van der Waals surface area contributed by atoms with Crippen molar-refractivity contribution in [1.82, 2.24) is 9.97 Å². The molecule has 0 atom stereocenters. The van der Waals surface area contributed by atoms with Crippen molar-refractivity contribution in [1.29, 1.82) is 0 Å². The van der Waals surface area contributed by atoms with Crippen molar-refractivity contribution in [2.75, 3.05) is 25.3 Å². The fourth-order valence-corrected chi connectivity index (χ4v) is 1.68. The van der Waals surface area contributed by atoms with Crippen molar-refractivity contribution in [3.05, 3.63) is 30.0 Å². The first-order chi connectivity index (χ1) is 9.10. The molecule has 0 unspecified atom stereocenters. The maximum atomic E-state index is 5.61. The summed E-state index contributed by atoms with van der Waals surface area (Å²) in [5.41, 5.74) is 7.21. The van der Waals surface area contributed by atoms with Gasteiger partial charge < -0.3 is 20.5 Å². The van der Waals surface area contributed by atoms with Crippen molar-refractivity contribution >= 4 is 17.5 Å². The Bertz CT molecular complexity index is 544. The second-order valence-corrected chi connectivity index (χ2v) is 3.98. The number of nitrogens with zero attached hydrogens (tertiary/aromatic N) is 2. The number of nitrogens with two attached hydrogens (primary N) is 1. The zero-order chi connectivity index (χ0) is 13.8. The lowest BCUT2D eigenvalue weighted by Crippen LogP contribution is -2.01. The number of nitrogen functional groups attached to an aromatic ring is 1. The number of benzene rings is 1. The van der Waals surface area contributed by atoms with E-state index >= 15 is 0 Å². The second-order valence-electron chi connectivity index (χ2n) is 3.98. The van der Waals surface area contributed by atoms with Crippen LogP contribution in [0.1, 0.15) is 5.69 Å². The normalized spacial score (nSPS) is 10.1. The largest absolute Gasteiger partial charge is 0.497 e. The Morgan fingerprint density at radius 3 is 2.16 bits per heavy atom.